The Bertz CT molecular complexity index is 594. The highest BCUT2D eigenvalue weighted by atomic mass is 16.1. The van der Waals surface area contributed by atoms with Crippen molar-refractivity contribution in [3.05, 3.63) is 34.9 Å². The van der Waals surface area contributed by atoms with Crippen LogP contribution in [0, 0.1) is 0 Å². The second kappa shape index (κ2) is 7.22. The molecule has 0 radical (unpaired) electrons. The molecule has 22 heavy (non-hydrogen) atoms. The zero-order chi connectivity index (χ0) is 16.1. The lowest BCUT2D eigenvalue weighted by molar-refractivity contribution is -0.117. The molecule has 0 saturated carbocycles. The van der Waals surface area contributed by atoms with Gasteiger partial charge in [0.25, 0.3) is 0 Å². The van der Waals surface area contributed by atoms with Gasteiger partial charge in [-0.3, -0.25) is 9.59 Å². The highest BCUT2D eigenvalue weighted by Gasteiger charge is 2.15. The summed E-state index contributed by atoms with van der Waals surface area (Å²) in [7, 11) is 0. The van der Waals surface area contributed by atoms with Gasteiger partial charge in [0.15, 0.2) is 0 Å². The minimum absolute atomic E-state index is 0.256. The molecule has 0 saturated heterocycles. The molecule has 0 aliphatic carbocycles. The first-order valence-corrected chi connectivity index (χ1v) is 7.56. The Balaban J connectivity index is 2.42. The van der Waals surface area contributed by atoms with E-state index in [0.717, 1.165) is 41.5 Å². The number of amides is 1. The van der Waals surface area contributed by atoms with Crippen molar-refractivity contribution in [1.82, 2.24) is 4.90 Å². The molecule has 0 fully saturated rings. The number of carbonyl (C=O) groups is 2. The van der Waals surface area contributed by atoms with Gasteiger partial charge in [-0.25, -0.2) is 0 Å². The van der Waals surface area contributed by atoms with E-state index >= 15 is 0 Å². The predicted octanol–water partition coefficient (Wildman–Crippen LogP) is 2.02. The first-order chi connectivity index (χ1) is 10.6. The fraction of sp³-hybridized carbons (Fsp3) is 0.412. The lowest BCUT2D eigenvalue weighted by atomic mass is 9.94. The first-order valence-electron chi connectivity index (χ1n) is 7.56. The van der Waals surface area contributed by atoms with Crippen LogP contribution in [0.15, 0.2) is 18.2 Å². The molecule has 0 bridgehead atoms. The van der Waals surface area contributed by atoms with E-state index in [-0.39, 0.29) is 6.04 Å². The topological polar surface area (TPSA) is 75.4 Å². The van der Waals surface area contributed by atoms with Crippen LogP contribution in [0.2, 0.25) is 0 Å². The quantitative estimate of drug-likeness (QED) is 0.788. The number of nitrogens with one attached hydrogen (secondary N) is 1. The number of hydrogen-bond donors (Lipinski definition) is 2. The first kappa shape index (κ1) is 16.2. The summed E-state index contributed by atoms with van der Waals surface area (Å²) < 4.78 is 0. The summed E-state index contributed by atoms with van der Waals surface area (Å²) >= 11 is 0. The van der Waals surface area contributed by atoms with Gasteiger partial charge in [-0.15, -0.1) is 0 Å². The van der Waals surface area contributed by atoms with Gasteiger partial charge in [-0.05, 0) is 49.1 Å². The number of benzene rings is 1. The minimum Gasteiger partial charge on any atom is -0.383 e. The average molecular weight is 301 g/mol. The Kier molecular flexibility index (Phi) is 5.33. The fourth-order valence-electron chi connectivity index (χ4n) is 2.70. The number of aldehydes is 1. The van der Waals surface area contributed by atoms with Gasteiger partial charge in [0.05, 0.1) is 0 Å². The van der Waals surface area contributed by atoms with Crippen molar-refractivity contribution in [2.45, 2.75) is 32.9 Å². The zero-order valence-corrected chi connectivity index (χ0v) is 13.1. The van der Waals surface area contributed by atoms with Crippen LogP contribution in [0.3, 0.4) is 0 Å². The normalized spacial score (nSPS) is 14.7. The third-order valence-electron chi connectivity index (χ3n) is 3.82. The van der Waals surface area contributed by atoms with E-state index in [1.165, 1.54) is 0 Å². The molecular weight excluding hydrogens is 278 g/mol. The molecule has 118 valence electrons. The van der Waals surface area contributed by atoms with Crippen molar-refractivity contribution >= 4 is 24.0 Å². The molecule has 1 heterocycles. The Morgan fingerprint density at radius 1 is 1.36 bits per heavy atom. The lowest BCUT2D eigenvalue weighted by Crippen LogP contribution is -2.26. The van der Waals surface area contributed by atoms with Crippen LogP contribution in [0.4, 0.5) is 5.69 Å². The molecule has 0 atom stereocenters. The monoisotopic (exact) mass is 301 g/mol. The van der Waals surface area contributed by atoms with Crippen LogP contribution in [-0.4, -0.2) is 36.7 Å². The number of rotatable bonds is 6. The van der Waals surface area contributed by atoms with E-state index < -0.39 is 0 Å². The van der Waals surface area contributed by atoms with Crippen LogP contribution in [0.25, 0.3) is 5.57 Å². The van der Waals surface area contributed by atoms with Gasteiger partial charge in [0.2, 0.25) is 6.41 Å². The standard InChI is InChI=1S/C17H23N3O2/c1-12(2)19-17-8-14(7-15(10-21)16(17)9-18)13-3-5-20(11-22)6-4-13/h3,7-8,10-12,19H,4-6,9,18H2,1-2H3. The number of nitrogens with zero attached hydrogens (tertiary/aromatic N) is 1. The fourth-order valence-corrected chi connectivity index (χ4v) is 2.70. The summed E-state index contributed by atoms with van der Waals surface area (Å²) in [4.78, 5) is 23.9. The van der Waals surface area contributed by atoms with Gasteiger partial charge in [-0.2, -0.15) is 0 Å². The molecule has 1 aromatic rings. The van der Waals surface area contributed by atoms with E-state index in [0.29, 0.717) is 25.2 Å². The molecule has 1 aliphatic heterocycles. The van der Waals surface area contributed by atoms with Crippen molar-refractivity contribution in [2.75, 3.05) is 18.4 Å². The summed E-state index contributed by atoms with van der Waals surface area (Å²) in [6.45, 7) is 5.74. The molecule has 2 rings (SSSR count). The third kappa shape index (κ3) is 3.54. The van der Waals surface area contributed by atoms with Crippen LogP contribution in [0.1, 0.15) is 41.8 Å². The molecule has 1 amide bonds. The lowest BCUT2D eigenvalue weighted by Gasteiger charge is -2.24. The molecule has 0 aromatic heterocycles. The SMILES string of the molecule is CC(C)Nc1cc(C2=CCN(C=O)CC2)cc(C=O)c1CN. The molecule has 1 aliphatic rings. The van der Waals surface area contributed by atoms with Crippen molar-refractivity contribution in [1.29, 1.82) is 0 Å². The molecule has 5 heteroatoms. The molecule has 0 spiro atoms. The smallest absolute Gasteiger partial charge is 0.209 e. The predicted molar refractivity (Wildman–Crippen MR) is 88.7 cm³/mol. The molecular formula is C17H23N3O2. The summed E-state index contributed by atoms with van der Waals surface area (Å²) in [6, 6.07) is 4.20. The van der Waals surface area contributed by atoms with Gasteiger partial charge in [-0.1, -0.05) is 6.08 Å². The van der Waals surface area contributed by atoms with Gasteiger partial charge in [0, 0.05) is 36.9 Å². The number of hydrogen-bond acceptors (Lipinski definition) is 4. The molecule has 5 nitrogen and oxygen atoms in total. The van der Waals surface area contributed by atoms with Crippen LogP contribution < -0.4 is 11.1 Å². The van der Waals surface area contributed by atoms with Crippen molar-refractivity contribution in [3.63, 3.8) is 0 Å². The van der Waals surface area contributed by atoms with Crippen LogP contribution >= 0.6 is 0 Å². The zero-order valence-electron chi connectivity index (χ0n) is 13.1. The largest absolute Gasteiger partial charge is 0.383 e. The van der Waals surface area contributed by atoms with E-state index in [2.05, 4.69) is 25.2 Å². The Hall–Kier alpha value is -2.14. The van der Waals surface area contributed by atoms with Gasteiger partial charge in [0.1, 0.15) is 6.29 Å². The highest BCUT2D eigenvalue weighted by molar-refractivity contribution is 5.85. The summed E-state index contributed by atoms with van der Waals surface area (Å²) in [5.41, 5.74) is 10.4. The Morgan fingerprint density at radius 2 is 2.14 bits per heavy atom. The minimum atomic E-state index is 0.256. The second-order valence-corrected chi connectivity index (χ2v) is 5.79. The number of anilines is 1. The van der Waals surface area contributed by atoms with Gasteiger partial charge < -0.3 is 16.0 Å². The van der Waals surface area contributed by atoms with E-state index in [4.69, 9.17) is 5.73 Å². The van der Waals surface area contributed by atoms with E-state index in [1.807, 2.05) is 12.1 Å². The summed E-state index contributed by atoms with van der Waals surface area (Å²) in [6.07, 6.45) is 4.56. The van der Waals surface area contributed by atoms with E-state index in [9.17, 15) is 9.59 Å². The molecule has 1 aromatic carbocycles. The maximum absolute atomic E-state index is 11.4. The van der Waals surface area contributed by atoms with Crippen molar-refractivity contribution < 1.29 is 9.59 Å². The average Bonchev–Trinajstić information content (AvgIpc) is 2.53. The number of carbonyl (C=O) groups excluding carboxylic acids is 2. The maximum Gasteiger partial charge on any atom is 0.209 e. The van der Waals surface area contributed by atoms with Crippen LogP contribution in [0.5, 0.6) is 0 Å². The highest BCUT2D eigenvalue weighted by Crippen LogP contribution is 2.29. The summed E-state index contributed by atoms with van der Waals surface area (Å²) in [5, 5.41) is 3.37. The number of nitrogens with two attached hydrogens (primary N) is 1. The molecule has 0 unspecified atom stereocenters. The Labute approximate surface area is 131 Å². The van der Waals surface area contributed by atoms with E-state index in [1.54, 1.807) is 4.90 Å². The van der Waals surface area contributed by atoms with Gasteiger partial charge >= 0.3 is 0 Å². The Morgan fingerprint density at radius 3 is 2.64 bits per heavy atom. The maximum atomic E-state index is 11.4. The third-order valence-corrected chi connectivity index (χ3v) is 3.82. The van der Waals surface area contributed by atoms with Crippen molar-refractivity contribution in [3.8, 4) is 0 Å². The van der Waals surface area contributed by atoms with Crippen LogP contribution in [-0.2, 0) is 11.3 Å². The molecule has 3 N–H and O–H groups in total. The second-order valence-electron chi connectivity index (χ2n) is 5.79. The van der Waals surface area contributed by atoms with Crippen molar-refractivity contribution in [2.24, 2.45) is 5.73 Å². The summed E-state index contributed by atoms with van der Waals surface area (Å²) in [5.74, 6) is 0.